The molecule has 1 fully saturated rings. The van der Waals surface area contributed by atoms with E-state index in [4.69, 9.17) is 4.74 Å². The van der Waals surface area contributed by atoms with Gasteiger partial charge in [-0.1, -0.05) is 0 Å². The van der Waals surface area contributed by atoms with Crippen molar-refractivity contribution >= 4 is 5.97 Å². The highest BCUT2D eigenvalue weighted by Gasteiger charge is 2.19. The van der Waals surface area contributed by atoms with Gasteiger partial charge in [-0.05, 0) is 37.0 Å². The molecule has 2 aromatic heterocycles. The molecule has 1 aliphatic rings. The van der Waals surface area contributed by atoms with Gasteiger partial charge >= 0.3 is 5.97 Å². The van der Waals surface area contributed by atoms with Gasteiger partial charge in [0.25, 0.3) is 0 Å². The van der Waals surface area contributed by atoms with Crippen LogP contribution in [0.15, 0.2) is 24.7 Å². The Kier molecular flexibility index (Phi) is 4.20. The zero-order valence-corrected chi connectivity index (χ0v) is 12.5. The molecule has 3 rings (SSSR count). The second kappa shape index (κ2) is 6.27. The molecule has 6 heteroatoms. The van der Waals surface area contributed by atoms with Crippen molar-refractivity contribution in [3.8, 4) is 0 Å². The van der Waals surface area contributed by atoms with Crippen molar-refractivity contribution < 1.29 is 14.6 Å². The second-order valence-electron chi connectivity index (χ2n) is 5.60. The highest BCUT2D eigenvalue weighted by atomic mass is 16.5. The Morgan fingerprint density at radius 1 is 1.45 bits per heavy atom. The Hall–Kier alpha value is -2.21. The van der Waals surface area contributed by atoms with E-state index in [-0.39, 0.29) is 5.56 Å². The van der Waals surface area contributed by atoms with Gasteiger partial charge in [0.05, 0.1) is 17.3 Å². The van der Waals surface area contributed by atoms with Gasteiger partial charge in [0.2, 0.25) is 0 Å². The van der Waals surface area contributed by atoms with E-state index >= 15 is 0 Å². The maximum absolute atomic E-state index is 11.3. The monoisotopic (exact) mass is 301 g/mol. The van der Waals surface area contributed by atoms with Crippen molar-refractivity contribution in [3.63, 3.8) is 0 Å². The third-order valence-corrected chi connectivity index (χ3v) is 4.07. The normalized spacial score (nSPS) is 15.9. The van der Waals surface area contributed by atoms with Crippen molar-refractivity contribution in [3.05, 3.63) is 47.0 Å². The Morgan fingerprint density at radius 3 is 2.95 bits per heavy atom. The molecule has 2 aromatic rings. The van der Waals surface area contributed by atoms with Crippen LogP contribution in [0.4, 0.5) is 0 Å². The molecular formula is C16H19N3O3. The van der Waals surface area contributed by atoms with Crippen molar-refractivity contribution in [2.75, 3.05) is 13.2 Å². The number of hydrogen-bond donors (Lipinski definition) is 1. The summed E-state index contributed by atoms with van der Waals surface area (Å²) in [5.74, 6) is -0.932. The largest absolute Gasteiger partial charge is 0.478 e. The van der Waals surface area contributed by atoms with Crippen LogP contribution in [0.3, 0.4) is 0 Å². The predicted octanol–water partition coefficient (Wildman–Crippen LogP) is 2.23. The zero-order valence-electron chi connectivity index (χ0n) is 12.5. The molecule has 0 aliphatic carbocycles. The first kappa shape index (κ1) is 14.7. The molecule has 0 bridgehead atoms. The molecule has 1 aliphatic heterocycles. The summed E-state index contributed by atoms with van der Waals surface area (Å²) >= 11 is 0. The first-order valence-electron chi connectivity index (χ1n) is 7.43. The Labute approximate surface area is 128 Å². The average Bonchev–Trinajstić information content (AvgIpc) is 2.90. The molecule has 0 aromatic carbocycles. The number of carboxylic acids is 1. The summed E-state index contributed by atoms with van der Waals surface area (Å²) in [4.78, 5) is 15.3. The molecule has 22 heavy (non-hydrogen) atoms. The van der Waals surface area contributed by atoms with Gasteiger partial charge in [-0.3, -0.25) is 9.67 Å². The lowest BCUT2D eigenvalue weighted by Crippen LogP contribution is -2.20. The number of hydrogen-bond acceptors (Lipinski definition) is 4. The van der Waals surface area contributed by atoms with Gasteiger partial charge < -0.3 is 9.84 Å². The number of rotatable bonds is 4. The minimum absolute atomic E-state index is 0.287. The third kappa shape index (κ3) is 3.01. The van der Waals surface area contributed by atoms with Gasteiger partial charge in [0.1, 0.15) is 0 Å². The molecule has 1 N–H and O–H groups in total. The average molecular weight is 301 g/mol. The lowest BCUT2D eigenvalue weighted by molar-refractivity contribution is 0.0661. The first-order valence-corrected chi connectivity index (χ1v) is 7.43. The molecule has 0 radical (unpaired) electrons. The first-order chi connectivity index (χ1) is 10.6. The summed E-state index contributed by atoms with van der Waals surface area (Å²) in [5, 5.41) is 13.9. The standard InChI is InChI=1S/C16H19N3O3/c1-11-10-19(13-3-6-22-7-4-13)18-15(11)8-12-9-17-5-2-14(12)16(20)21/h2,5,9-10,13H,3-4,6-8H2,1H3,(H,20,21). The van der Waals surface area contributed by atoms with Crippen molar-refractivity contribution in [1.29, 1.82) is 0 Å². The van der Waals surface area contributed by atoms with E-state index in [1.165, 1.54) is 12.3 Å². The summed E-state index contributed by atoms with van der Waals surface area (Å²) in [6, 6.07) is 1.90. The van der Waals surface area contributed by atoms with Gasteiger partial charge in [-0.15, -0.1) is 0 Å². The number of carboxylic acid groups (broad SMARTS) is 1. The summed E-state index contributed by atoms with van der Waals surface area (Å²) < 4.78 is 7.39. The maximum Gasteiger partial charge on any atom is 0.336 e. The molecule has 0 unspecified atom stereocenters. The highest BCUT2D eigenvalue weighted by molar-refractivity contribution is 5.89. The fourth-order valence-corrected chi connectivity index (χ4v) is 2.79. The maximum atomic E-state index is 11.3. The summed E-state index contributed by atoms with van der Waals surface area (Å²) in [6.45, 7) is 3.55. The number of pyridine rings is 1. The fraction of sp³-hybridized carbons (Fsp3) is 0.438. The van der Waals surface area contributed by atoms with E-state index in [1.807, 2.05) is 17.8 Å². The number of nitrogens with zero attached hydrogens (tertiary/aromatic N) is 3. The molecule has 0 spiro atoms. The fourth-order valence-electron chi connectivity index (χ4n) is 2.79. The molecule has 6 nitrogen and oxygen atoms in total. The smallest absolute Gasteiger partial charge is 0.336 e. The third-order valence-electron chi connectivity index (χ3n) is 4.07. The highest BCUT2D eigenvalue weighted by Crippen LogP contribution is 2.23. The summed E-state index contributed by atoms with van der Waals surface area (Å²) in [7, 11) is 0. The number of carbonyl (C=O) groups is 1. The van der Waals surface area contributed by atoms with Crippen LogP contribution in [0, 0.1) is 6.92 Å². The van der Waals surface area contributed by atoms with Crippen LogP contribution in [-0.4, -0.2) is 39.1 Å². The van der Waals surface area contributed by atoms with Gasteiger partial charge in [-0.2, -0.15) is 5.10 Å². The summed E-state index contributed by atoms with van der Waals surface area (Å²) in [6.07, 6.45) is 7.57. The van der Waals surface area contributed by atoms with Crippen LogP contribution < -0.4 is 0 Å². The zero-order chi connectivity index (χ0) is 15.5. The second-order valence-corrected chi connectivity index (χ2v) is 5.60. The Bertz CT molecular complexity index is 675. The van der Waals surface area contributed by atoms with Crippen LogP contribution in [0.1, 0.15) is 46.1 Å². The van der Waals surface area contributed by atoms with E-state index < -0.39 is 5.97 Å². The molecule has 0 saturated carbocycles. The quantitative estimate of drug-likeness (QED) is 0.937. The van der Waals surface area contributed by atoms with Crippen LogP contribution in [-0.2, 0) is 11.2 Å². The molecule has 3 heterocycles. The van der Waals surface area contributed by atoms with Crippen molar-refractivity contribution in [2.45, 2.75) is 32.2 Å². The van der Waals surface area contributed by atoms with E-state index in [0.717, 1.165) is 37.3 Å². The van der Waals surface area contributed by atoms with E-state index in [2.05, 4.69) is 10.1 Å². The lowest BCUT2D eigenvalue weighted by atomic mass is 10.0. The van der Waals surface area contributed by atoms with Crippen molar-refractivity contribution in [2.24, 2.45) is 0 Å². The molecular weight excluding hydrogens is 282 g/mol. The van der Waals surface area contributed by atoms with Gasteiger partial charge in [-0.25, -0.2) is 4.79 Å². The number of aryl methyl sites for hydroxylation is 1. The van der Waals surface area contributed by atoms with E-state index in [9.17, 15) is 9.90 Å². The predicted molar refractivity (Wildman–Crippen MR) is 80.1 cm³/mol. The topological polar surface area (TPSA) is 77.2 Å². The summed E-state index contributed by atoms with van der Waals surface area (Å²) in [5.41, 5.74) is 2.96. The van der Waals surface area contributed by atoms with Gasteiger partial charge in [0, 0.05) is 38.2 Å². The number of ether oxygens (including phenoxy) is 1. The molecule has 0 atom stereocenters. The minimum Gasteiger partial charge on any atom is -0.478 e. The lowest BCUT2D eigenvalue weighted by Gasteiger charge is -2.22. The SMILES string of the molecule is Cc1cn(C2CCOCC2)nc1Cc1cnccc1C(=O)O. The van der Waals surface area contributed by atoms with E-state index in [0.29, 0.717) is 18.0 Å². The number of aromatic carboxylic acids is 1. The van der Waals surface area contributed by atoms with Crippen LogP contribution in [0.2, 0.25) is 0 Å². The Morgan fingerprint density at radius 2 is 2.23 bits per heavy atom. The van der Waals surface area contributed by atoms with Crippen LogP contribution >= 0.6 is 0 Å². The molecule has 1 saturated heterocycles. The molecule has 116 valence electrons. The van der Waals surface area contributed by atoms with Crippen molar-refractivity contribution in [1.82, 2.24) is 14.8 Å². The molecule has 0 amide bonds. The Balaban J connectivity index is 1.84. The van der Waals surface area contributed by atoms with Crippen LogP contribution in [0.25, 0.3) is 0 Å². The van der Waals surface area contributed by atoms with Crippen LogP contribution in [0.5, 0.6) is 0 Å². The minimum atomic E-state index is -0.932. The van der Waals surface area contributed by atoms with E-state index in [1.54, 1.807) is 6.20 Å². The number of aromatic nitrogens is 3. The van der Waals surface area contributed by atoms with Gasteiger partial charge in [0.15, 0.2) is 0 Å².